The number of rotatable bonds is 1. The number of hydrogen-bond donors (Lipinski definition) is 2. The second-order valence-corrected chi connectivity index (χ2v) is 3.23. The number of nitrogens with two attached hydrogens (primary N) is 1. The zero-order chi connectivity index (χ0) is 11.8. The molecule has 0 aromatic heterocycles. The maximum absolute atomic E-state index is 12.9. The third-order valence-electron chi connectivity index (χ3n) is 1.79. The summed E-state index contributed by atoms with van der Waals surface area (Å²) in [5.41, 5.74) is 4.05. The highest BCUT2D eigenvalue weighted by molar-refractivity contribution is 6.30. The van der Waals surface area contributed by atoms with Crippen LogP contribution in [0.3, 0.4) is 0 Å². The molecule has 0 bridgehead atoms. The van der Waals surface area contributed by atoms with Crippen LogP contribution in [0.25, 0.3) is 0 Å². The number of hydrogen-bond acceptors (Lipinski definition) is 2. The van der Waals surface area contributed by atoms with Gasteiger partial charge < -0.3 is 10.8 Å². The monoisotopic (exact) mass is 243 g/mol. The van der Waals surface area contributed by atoms with Gasteiger partial charge in [-0.25, -0.2) is 4.39 Å². The van der Waals surface area contributed by atoms with Crippen molar-refractivity contribution in [3.8, 4) is 5.75 Å². The molecular weight excluding hydrogens is 238 g/mol. The van der Waals surface area contributed by atoms with Crippen molar-refractivity contribution in [2.75, 3.05) is 0 Å². The van der Waals surface area contributed by atoms with E-state index in [0.29, 0.717) is 0 Å². The highest BCUT2D eigenvalue weighted by Gasteiger charge is 2.39. The van der Waals surface area contributed by atoms with Gasteiger partial charge in [-0.1, -0.05) is 17.7 Å². The van der Waals surface area contributed by atoms with E-state index in [4.69, 9.17) is 22.4 Å². The molecule has 0 aliphatic heterocycles. The highest BCUT2D eigenvalue weighted by atomic mass is 35.5. The minimum atomic E-state index is -4.75. The van der Waals surface area contributed by atoms with Gasteiger partial charge in [0, 0.05) is 5.56 Å². The standard InChI is InChI=1S/C8H6ClF4NO/c9-4-2-1-3(6(15)5(4)10)7(14)8(11,12)13/h1-2,7,15H,14H2/t7-/m1/s1. The van der Waals surface area contributed by atoms with E-state index in [2.05, 4.69) is 0 Å². The molecule has 2 nitrogen and oxygen atoms in total. The van der Waals surface area contributed by atoms with E-state index in [1.54, 1.807) is 0 Å². The van der Waals surface area contributed by atoms with Crippen LogP contribution in [0.5, 0.6) is 5.75 Å². The molecule has 0 unspecified atom stereocenters. The summed E-state index contributed by atoms with van der Waals surface area (Å²) < 4.78 is 49.4. The SMILES string of the molecule is N[C@H](c1ccc(Cl)c(F)c1O)C(F)(F)F. The Morgan fingerprint density at radius 3 is 2.33 bits per heavy atom. The predicted molar refractivity (Wildman–Crippen MR) is 46.1 cm³/mol. The fourth-order valence-corrected chi connectivity index (χ4v) is 1.13. The summed E-state index contributed by atoms with van der Waals surface area (Å²) in [5.74, 6) is -2.49. The van der Waals surface area contributed by atoms with E-state index in [-0.39, 0.29) is 0 Å². The lowest BCUT2D eigenvalue weighted by Gasteiger charge is -2.17. The number of halogens is 5. The Labute approximate surface area is 87.3 Å². The van der Waals surface area contributed by atoms with Crippen LogP contribution in [0, 0.1) is 5.82 Å². The van der Waals surface area contributed by atoms with Crippen LogP contribution in [-0.4, -0.2) is 11.3 Å². The van der Waals surface area contributed by atoms with Gasteiger partial charge >= 0.3 is 6.18 Å². The molecule has 0 spiro atoms. The van der Waals surface area contributed by atoms with Crippen LogP contribution in [0.15, 0.2) is 12.1 Å². The second-order valence-electron chi connectivity index (χ2n) is 2.82. The molecule has 1 atom stereocenters. The molecule has 1 rings (SSSR count). The Kier molecular flexibility index (Phi) is 3.11. The van der Waals surface area contributed by atoms with Crippen LogP contribution in [0.2, 0.25) is 5.02 Å². The third kappa shape index (κ3) is 2.32. The number of aromatic hydroxyl groups is 1. The molecule has 0 radical (unpaired) electrons. The third-order valence-corrected chi connectivity index (χ3v) is 2.08. The van der Waals surface area contributed by atoms with Crippen molar-refractivity contribution in [1.29, 1.82) is 0 Å². The first kappa shape index (κ1) is 12.1. The molecule has 0 saturated carbocycles. The van der Waals surface area contributed by atoms with Gasteiger partial charge in [-0.15, -0.1) is 0 Å². The summed E-state index contributed by atoms with van der Waals surface area (Å²) in [4.78, 5) is 0. The fourth-order valence-electron chi connectivity index (χ4n) is 0.982. The Balaban J connectivity index is 3.23. The minimum absolute atomic E-state index is 0.467. The van der Waals surface area contributed by atoms with Gasteiger partial charge in [-0.2, -0.15) is 13.2 Å². The lowest BCUT2D eigenvalue weighted by atomic mass is 10.1. The van der Waals surface area contributed by atoms with E-state index >= 15 is 0 Å². The largest absolute Gasteiger partial charge is 0.505 e. The van der Waals surface area contributed by atoms with Crippen LogP contribution in [-0.2, 0) is 0 Å². The van der Waals surface area contributed by atoms with Gasteiger partial charge in [0.05, 0.1) is 5.02 Å². The van der Waals surface area contributed by atoms with Crippen molar-refractivity contribution < 1.29 is 22.7 Å². The second kappa shape index (κ2) is 3.86. The van der Waals surface area contributed by atoms with Gasteiger partial charge in [-0.3, -0.25) is 0 Å². The number of phenols is 1. The zero-order valence-corrected chi connectivity index (χ0v) is 7.90. The molecule has 84 valence electrons. The van der Waals surface area contributed by atoms with Crippen LogP contribution >= 0.6 is 11.6 Å². The Hall–Kier alpha value is -1.01. The molecule has 3 N–H and O–H groups in total. The summed E-state index contributed by atoms with van der Waals surface area (Å²) in [6.07, 6.45) is -4.75. The predicted octanol–water partition coefficient (Wildman–Crippen LogP) is 2.75. The zero-order valence-electron chi connectivity index (χ0n) is 7.15. The van der Waals surface area contributed by atoms with Crippen molar-refractivity contribution in [3.05, 3.63) is 28.5 Å². The number of benzene rings is 1. The van der Waals surface area contributed by atoms with Crippen LogP contribution < -0.4 is 5.73 Å². The van der Waals surface area contributed by atoms with Gasteiger partial charge in [0.1, 0.15) is 6.04 Å². The minimum Gasteiger partial charge on any atom is -0.505 e. The van der Waals surface area contributed by atoms with Crippen molar-refractivity contribution in [2.45, 2.75) is 12.2 Å². The number of phenolic OH excluding ortho intramolecular Hbond substituents is 1. The smallest absolute Gasteiger partial charge is 0.407 e. The maximum atomic E-state index is 12.9. The molecular formula is C8H6ClF4NO. The van der Waals surface area contributed by atoms with Gasteiger partial charge in [0.15, 0.2) is 11.6 Å². The molecule has 1 aromatic rings. The van der Waals surface area contributed by atoms with E-state index < -0.39 is 34.4 Å². The number of alkyl halides is 3. The lowest BCUT2D eigenvalue weighted by molar-refractivity contribution is -0.149. The molecule has 0 amide bonds. The first-order valence-corrected chi connectivity index (χ1v) is 4.12. The van der Waals surface area contributed by atoms with Crippen molar-refractivity contribution in [2.24, 2.45) is 5.73 Å². The summed E-state index contributed by atoms with van der Waals surface area (Å²) in [5, 5.41) is 8.61. The molecule has 0 aliphatic rings. The van der Waals surface area contributed by atoms with Gasteiger partial charge in [-0.05, 0) is 6.07 Å². The van der Waals surface area contributed by atoms with Crippen molar-refractivity contribution in [3.63, 3.8) is 0 Å². The molecule has 0 saturated heterocycles. The summed E-state index contributed by atoms with van der Waals surface area (Å²) in [7, 11) is 0. The highest BCUT2D eigenvalue weighted by Crippen LogP contribution is 2.37. The van der Waals surface area contributed by atoms with Crippen LogP contribution in [0.1, 0.15) is 11.6 Å². The van der Waals surface area contributed by atoms with Crippen LogP contribution in [0.4, 0.5) is 17.6 Å². The summed E-state index contributed by atoms with van der Waals surface area (Å²) >= 11 is 5.25. The van der Waals surface area contributed by atoms with Crippen molar-refractivity contribution >= 4 is 11.6 Å². The average Bonchev–Trinajstić information content (AvgIpc) is 2.12. The Morgan fingerprint density at radius 1 is 1.33 bits per heavy atom. The first-order valence-electron chi connectivity index (χ1n) is 3.74. The molecule has 0 heterocycles. The average molecular weight is 244 g/mol. The summed E-state index contributed by atoms with van der Waals surface area (Å²) in [6, 6.07) is -0.708. The molecule has 7 heteroatoms. The maximum Gasteiger partial charge on any atom is 0.407 e. The van der Waals surface area contributed by atoms with Crippen molar-refractivity contribution in [1.82, 2.24) is 0 Å². The summed E-state index contributed by atoms with van der Waals surface area (Å²) in [6.45, 7) is 0. The van der Waals surface area contributed by atoms with E-state index in [1.165, 1.54) is 0 Å². The normalized spacial score (nSPS) is 14.0. The Bertz CT molecular complexity index is 380. The van der Waals surface area contributed by atoms with Gasteiger partial charge in [0.2, 0.25) is 0 Å². The quantitative estimate of drug-likeness (QED) is 0.745. The molecule has 1 aromatic carbocycles. The molecule has 15 heavy (non-hydrogen) atoms. The van der Waals surface area contributed by atoms with E-state index in [1.807, 2.05) is 0 Å². The fraction of sp³-hybridized carbons (Fsp3) is 0.250. The molecule has 0 fully saturated rings. The van der Waals surface area contributed by atoms with Gasteiger partial charge in [0.25, 0.3) is 0 Å². The van der Waals surface area contributed by atoms with E-state index in [9.17, 15) is 17.6 Å². The first-order chi connectivity index (χ1) is 6.75. The topological polar surface area (TPSA) is 46.2 Å². The van der Waals surface area contributed by atoms with E-state index in [0.717, 1.165) is 12.1 Å². The molecule has 0 aliphatic carbocycles. The lowest BCUT2D eigenvalue weighted by Crippen LogP contribution is -2.28. The Morgan fingerprint density at radius 2 is 1.87 bits per heavy atom.